The van der Waals surface area contributed by atoms with Crippen LogP contribution in [-0.4, -0.2) is 29.9 Å². The van der Waals surface area contributed by atoms with E-state index < -0.39 is 0 Å². The molecule has 266 valence electrons. The van der Waals surface area contributed by atoms with E-state index in [0.29, 0.717) is 70.6 Å². The molecule has 0 amide bonds. The minimum atomic E-state index is 0. The zero-order valence-electron chi connectivity index (χ0n) is 30.4. The Kier molecular flexibility index (Phi) is 8.57. The van der Waals surface area contributed by atoms with Crippen molar-refractivity contribution in [1.82, 2.24) is 39.9 Å². The summed E-state index contributed by atoms with van der Waals surface area (Å²) in [6.07, 6.45) is 0. The molecule has 11 heteroatoms. The van der Waals surface area contributed by atoms with Gasteiger partial charge in [-0.25, -0.2) is 9.97 Å². The zero-order chi connectivity index (χ0) is 37.0. The molecule has 0 unspecified atom stereocenters. The number of aromatic nitrogens is 8. The number of ether oxygens (including phenoxy) is 2. The third-order valence-electron chi connectivity index (χ3n) is 9.95. The molecule has 3 aromatic heterocycles. The Bertz CT molecular complexity index is 3170. The van der Waals surface area contributed by atoms with E-state index in [1.165, 1.54) is 0 Å². The first-order chi connectivity index (χ1) is 27.7. The molecule has 9 aromatic rings. The van der Waals surface area contributed by atoms with Gasteiger partial charge in [-0.2, -0.15) is 0 Å². The van der Waals surface area contributed by atoms with Crippen molar-refractivity contribution < 1.29 is 29.0 Å². The molecule has 8 bridgehead atoms. The molecule has 6 aromatic carbocycles. The van der Waals surface area contributed by atoms with E-state index >= 15 is 0 Å². The Hall–Kier alpha value is -7.10. The van der Waals surface area contributed by atoms with Crippen LogP contribution in [0.4, 0.5) is 0 Å². The maximum Gasteiger partial charge on any atom is 2.00 e. The third-order valence-corrected chi connectivity index (χ3v) is 9.95. The number of rotatable bonds is 6. The van der Waals surface area contributed by atoms with Gasteiger partial charge < -0.3 is 39.4 Å². The summed E-state index contributed by atoms with van der Waals surface area (Å²) in [4.78, 5) is 40.3. The Morgan fingerprint density at radius 2 is 0.754 bits per heavy atom. The van der Waals surface area contributed by atoms with Crippen LogP contribution in [0.15, 0.2) is 146 Å². The zero-order valence-corrected chi connectivity index (χ0v) is 33.3. The summed E-state index contributed by atoms with van der Waals surface area (Å²) in [5, 5.41) is 3.27. The van der Waals surface area contributed by atoms with Crippen molar-refractivity contribution in [2.75, 3.05) is 0 Å². The SMILES string of the molecule is [Zn+2].c1ccc(COc2ccc3c(c2)-c2nc-3nc3[n-]c(nc4nc(nc5[n-]c(n2)c2ccccc52)-c2ccccc2-4)c2ccc(OCc4ccccc4)cc32)cc1. The largest absolute Gasteiger partial charge is 2.00 e. The maximum atomic E-state index is 6.26. The molecular formula is C46H28N8O2Zn. The van der Waals surface area contributed by atoms with Crippen LogP contribution in [0.1, 0.15) is 11.1 Å². The van der Waals surface area contributed by atoms with Gasteiger partial charge in [0, 0.05) is 44.8 Å². The number of fused-ring (bicyclic) bond motifs is 20. The molecule has 11 rings (SSSR count). The summed E-state index contributed by atoms with van der Waals surface area (Å²) in [6, 6.07) is 47.7. The van der Waals surface area contributed by atoms with Crippen LogP contribution < -0.4 is 19.4 Å². The molecule has 0 saturated heterocycles. The van der Waals surface area contributed by atoms with Gasteiger partial charge in [0.05, 0.1) is 23.3 Å². The summed E-state index contributed by atoms with van der Waals surface area (Å²) in [5.41, 5.74) is 7.33. The van der Waals surface area contributed by atoms with Crippen LogP contribution >= 0.6 is 0 Å². The predicted octanol–water partition coefficient (Wildman–Crippen LogP) is 9.28. The van der Waals surface area contributed by atoms with Gasteiger partial charge in [-0.15, -0.1) is 0 Å². The standard InChI is InChI=1S/C46H28N8O2.Zn/c1-3-11-27(12-4-1)25-55-29-19-21-35-37(23-29)46-52-43(35)50-41-32-16-8-7-15-31(32)39(48-41)47-40-33-17-9-10-18-34(33)42(49-40)51-45-38-24-30(20-22-36(38)44(53-45)54-46)56-26-28-13-5-2-6-14-28;/h1-24H,25-26H2;/q-2;+2. The van der Waals surface area contributed by atoms with Crippen LogP contribution in [0, 0.1) is 0 Å². The smallest absolute Gasteiger partial charge is 0.489 e. The van der Waals surface area contributed by atoms with Crippen molar-refractivity contribution in [2.45, 2.75) is 13.2 Å². The molecule has 0 fully saturated rings. The number of hydrogen-bond donors (Lipinski definition) is 0. The summed E-state index contributed by atoms with van der Waals surface area (Å²) >= 11 is 0. The summed E-state index contributed by atoms with van der Waals surface area (Å²) < 4.78 is 12.5. The predicted molar refractivity (Wildman–Crippen MR) is 216 cm³/mol. The number of hydrogen-bond acceptors (Lipinski definition) is 8. The van der Waals surface area contributed by atoms with E-state index in [1.807, 2.05) is 146 Å². The molecule has 0 radical (unpaired) electrons. The first kappa shape index (κ1) is 34.4. The van der Waals surface area contributed by atoms with Crippen LogP contribution in [0.25, 0.3) is 89.7 Å². The maximum absolute atomic E-state index is 6.26. The van der Waals surface area contributed by atoms with Gasteiger partial charge in [0.1, 0.15) is 24.7 Å². The van der Waals surface area contributed by atoms with Crippen LogP contribution in [0.5, 0.6) is 11.5 Å². The Morgan fingerprint density at radius 3 is 1.30 bits per heavy atom. The fourth-order valence-electron chi connectivity index (χ4n) is 7.18. The topological polar surface area (TPSA) is 124 Å². The van der Waals surface area contributed by atoms with Crippen molar-refractivity contribution in [2.24, 2.45) is 0 Å². The van der Waals surface area contributed by atoms with E-state index in [0.717, 1.165) is 54.9 Å². The molecule has 0 saturated carbocycles. The van der Waals surface area contributed by atoms with Crippen molar-refractivity contribution in [3.8, 4) is 57.1 Å². The quantitative estimate of drug-likeness (QED) is 0.151. The average Bonchev–Trinajstić information content (AvgIpc) is 3.98. The van der Waals surface area contributed by atoms with E-state index in [9.17, 15) is 0 Å². The van der Waals surface area contributed by atoms with E-state index in [4.69, 9.17) is 49.3 Å². The monoisotopic (exact) mass is 788 g/mol. The number of benzene rings is 6. The van der Waals surface area contributed by atoms with Crippen LogP contribution in [-0.2, 0) is 32.7 Å². The first-order valence-corrected chi connectivity index (χ1v) is 18.2. The Labute approximate surface area is 338 Å². The van der Waals surface area contributed by atoms with Crippen LogP contribution in [0.2, 0.25) is 0 Å². The first-order valence-electron chi connectivity index (χ1n) is 18.2. The molecule has 0 atom stereocenters. The van der Waals surface area contributed by atoms with E-state index in [-0.39, 0.29) is 19.5 Å². The second-order valence-electron chi connectivity index (χ2n) is 13.5. The van der Waals surface area contributed by atoms with Gasteiger partial charge in [0.2, 0.25) is 0 Å². The molecule has 0 spiro atoms. The van der Waals surface area contributed by atoms with Gasteiger partial charge >= 0.3 is 19.5 Å². The molecular weight excluding hydrogens is 762 g/mol. The minimum Gasteiger partial charge on any atom is -0.489 e. The molecule has 5 heterocycles. The van der Waals surface area contributed by atoms with Gasteiger partial charge in [-0.3, -0.25) is 0 Å². The average molecular weight is 790 g/mol. The summed E-state index contributed by atoms with van der Waals surface area (Å²) in [7, 11) is 0. The summed E-state index contributed by atoms with van der Waals surface area (Å²) in [5.74, 6) is 3.30. The third kappa shape index (κ3) is 6.28. The second kappa shape index (κ2) is 14.2. The van der Waals surface area contributed by atoms with Gasteiger partial charge in [-0.1, -0.05) is 109 Å². The fourth-order valence-corrected chi connectivity index (χ4v) is 7.18. The van der Waals surface area contributed by atoms with Crippen molar-refractivity contribution in [3.05, 3.63) is 157 Å². The second-order valence-corrected chi connectivity index (χ2v) is 13.5. The van der Waals surface area contributed by atoms with Gasteiger partial charge in [-0.05, 0) is 69.1 Å². The molecule has 2 aliphatic heterocycles. The van der Waals surface area contributed by atoms with Crippen molar-refractivity contribution >= 4 is 44.1 Å². The van der Waals surface area contributed by atoms with Crippen molar-refractivity contribution in [3.63, 3.8) is 0 Å². The molecule has 0 aliphatic carbocycles. The Balaban J connectivity index is 0.00000396. The molecule has 2 aliphatic rings. The molecule has 10 nitrogen and oxygen atoms in total. The molecule has 0 N–H and O–H groups in total. The fraction of sp³-hybridized carbons (Fsp3) is 0.0435. The minimum absolute atomic E-state index is 0. The summed E-state index contributed by atoms with van der Waals surface area (Å²) in [6.45, 7) is 0.834. The number of nitrogens with zero attached hydrogens (tertiary/aromatic N) is 8. The normalized spacial score (nSPS) is 11.5. The van der Waals surface area contributed by atoms with Gasteiger partial charge in [0.15, 0.2) is 0 Å². The van der Waals surface area contributed by atoms with Gasteiger partial charge in [0.25, 0.3) is 0 Å². The van der Waals surface area contributed by atoms with E-state index in [2.05, 4.69) is 0 Å². The molecule has 57 heavy (non-hydrogen) atoms. The van der Waals surface area contributed by atoms with Crippen molar-refractivity contribution in [1.29, 1.82) is 0 Å². The van der Waals surface area contributed by atoms with E-state index in [1.54, 1.807) is 0 Å². The Morgan fingerprint density at radius 1 is 0.351 bits per heavy atom. The van der Waals surface area contributed by atoms with Crippen LogP contribution in [0.3, 0.4) is 0 Å².